The molecular formula is C15H20INO2. The zero-order chi connectivity index (χ0) is 14.0. The van der Waals surface area contributed by atoms with E-state index in [4.69, 9.17) is 0 Å². The number of phenolic OH excluding ortho intramolecular Hbond substituents is 1. The van der Waals surface area contributed by atoms with Crippen molar-refractivity contribution >= 4 is 28.5 Å². The topological polar surface area (TPSA) is 40.5 Å². The Morgan fingerprint density at radius 1 is 1.32 bits per heavy atom. The highest BCUT2D eigenvalue weighted by Gasteiger charge is 2.26. The van der Waals surface area contributed by atoms with Crippen LogP contribution in [-0.4, -0.2) is 29.0 Å². The minimum atomic E-state index is -0.0475. The van der Waals surface area contributed by atoms with Gasteiger partial charge in [0.25, 0.3) is 5.91 Å². The zero-order valence-corrected chi connectivity index (χ0v) is 13.6. The molecule has 1 saturated heterocycles. The lowest BCUT2D eigenvalue weighted by Crippen LogP contribution is -2.32. The molecule has 2 rings (SSSR count). The second kappa shape index (κ2) is 5.69. The second-order valence-electron chi connectivity index (χ2n) is 5.97. The van der Waals surface area contributed by atoms with E-state index < -0.39 is 0 Å². The molecule has 1 aromatic rings. The third-order valence-electron chi connectivity index (χ3n) is 3.82. The molecule has 3 nitrogen and oxygen atoms in total. The molecule has 104 valence electrons. The number of carbonyl (C=O) groups excluding carboxylic acids is 1. The number of benzene rings is 1. The van der Waals surface area contributed by atoms with Crippen molar-refractivity contribution in [1.82, 2.24) is 4.90 Å². The van der Waals surface area contributed by atoms with Crippen molar-refractivity contribution in [2.24, 2.45) is 5.41 Å². The van der Waals surface area contributed by atoms with Crippen molar-refractivity contribution in [3.05, 3.63) is 27.3 Å². The Kier molecular flexibility index (Phi) is 4.38. The van der Waals surface area contributed by atoms with E-state index in [-0.39, 0.29) is 11.7 Å². The Morgan fingerprint density at radius 3 is 2.79 bits per heavy atom. The number of rotatable bonds is 1. The Morgan fingerprint density at radius 2 is 2.05 bits per heavy atom. The molecule has 1 amide bonds. The van der Waals surface area contributed by atoms with E-state index in [2.05, 4.69) is 36.4 Å². The minimum Gasteiger partial charge on any atom is -0.507 e. The molecule has 1 aliphatic heterocycles. The quantitative estimate of drug-likeness (QED) is 0.764. The first kappa shape index (κ1) is 14.6. The fourth-order valence-electron chi connectivity index (χ4n) is 2.48. The normalized spacial score (nSPS) is 19.0. The number of amides is 1. The highest BCUT2D eigenvalue weighted by atomic mass is 127. The maximum absolute atomic E-state index is 12.5. The van der Waals surface area contributed by atoms with E-state index in [0.29, 0.717) is 11.0 Å². The summed E-state index contributed by atoms with van der Waals surface area (Å²) in [5, 5.41) is 9.86. The van der Waals surface area contributed by atoms with Gasteiger partial charge in [0.05, 0.1) is 5.56 Å². The second-order valence-corrected chi connectivity index (χ2v) is 7.22. The maximum Gasteiger partial charge on any atom is 0.257 e. The third-order valence-corrected chi connectivity index (χ3v) is 4.49. The molecular weight excluding hydrogens is 353 g/mol. The van der Waals surface area contributed by atoms with Gasteiger partial charge in [-0.25, -0.2) is 0 Å². The van der Waals surface area contributed by atoms with Crippen molar-refractivity contribution in [3.8, 4) is 5.75 Å². The first-order valence-corrected chi connectivity index (χ1v) is 7.75. The monoisotopic (exact) mass is 373 g/mol. The van der Waals surface area contributed by atoms with Gasteiger partial charge in [0.2, 0.25) is 0 Å². The van der Waals surface area contributed by atoms with Crippen molar-refractivity contribution in [2.75, 3.05) is 13.1 Å². The molecule has 0 bridgehead atoms. The van der Waals surface area contributed by atoms with E-state index in [1.807, 2.05) is 4.90 Å². The lowest BCUT2D eigenvalue weighted by Gasteiger charge is -2.23. The van der Waals surface area contributed by atoms with E-state index in [0.717, 1.165) is 35.9 Å². The average Bonchev–Trinajstić information content (AvgIpc) is 2.52. The van der Waals surface area contributed by atoms with E-state index in [1.54, 1.807) is 18.2 Å². The Hall–Kier alpha value is -0.780. The van der Waals surface area contributed by atoms with Gasteiger partial charge >= 0.3 is 0 Å². The van der Waals surface area contributed by atoms with Gasteiger partial charge < -0.3 is 10.0 Å². The molecule has 0 saturated carbocycles. The van der Waals surface area contributed by atoms with Gasteiger partial charge in [0.15, 0.2) is 0 Å². The fourth-order valence-corrected chi connectivity index (χ4v) is 2.97. The van der Waals surface area contributed by atoms with Gasteiger partial charge in [-0.1, -0.05) is 13.8 Å². The molecule has 1 aromatic carbocycles. The lowest BCUT2D eigenvalue weighted by molar-refractivity contribution is 0.0754. The summed E-state index contributed by atoms with van der Waals surface area (Å²) in [5.41, 5.74) is 0.731. The van der Waals surface area contributed by atoms with Gasteiger partial charge in [0, 0.05) is 16.7 Å². The molecule has 1 heterocycles. The summed E-state index contributed by atoms with van der Waals surface area (Å²) < 4.78 is 0.967. The smallest absolute Gasteiger partial charge is 0.257 e. The van der Waals surface area contributed by atoms with Crippen LogP contribution in [0.15, 0.2) is 18.2 Å². The summed E-state index contributed by atoms with van der Waals surface area (Å²) in [6.07, 6.45) is 3.20. The SMILES string of the molecule is CC1(C)CCCN(C(=O)c2cc(I)ccc2O)CC1. The van der Waals surface area contributed by atoms with Gasteiger partial charge in [0.1, 0.15) is 5.75 Å². The lowest BCUT2D eigenvalue weighted by atomic mass is 9.85. The van der Waals surface area contributed by atoms with Gasteiger partial charge in [-0.3, -0.25) is 4.79 Å². The molecule has 0 aliphatic carbocycles. The van der Waals surface area contributed by atoms with Crippen LogP contribution in [0.3, 0.4) is 0 Å². The number of hydrogen-bond donors (Lipinski definition) is 1. The van der Waals surface area contributed by atoms with Crippen LogP contribution in [0.1, 0.15) is 43.5 Å². The Balaban J connectivity index is 2.17. The first-order valence-electron chi connectivity index (χ1n) is 6.67. The van der Waals surface area contributed by atoms with Crippen LogP contribution in [0, 0.1) is 8.99 Å². The fraction of sp³-hybridized carbons (Fsp3) is 0.533. The summed E-state index contributed by atoms with van der Waals surface area (Å²) in [7, 11) is 0. The molecule has 19 heavy (non-hydrogen) atoms. The average molecular weight is 373 g/mol. The van der Waals surface area contributed by atoms with Crippen LogP contribution in [0.2, 0.25) is 0 Å². The number of carbonyl (C=O) groups is 1. The standard InChI is InChI=1S/C15H20INO2/c1-15(2)6-3-8-17(9-7-15)14(19)12-10-11(16)4-5-13(12)18/h4-5,10,18H,3,6-9H2,1-2H3. The largest absolute Gasteiger partial charge is 0.507 e. The van der Waals surface area contributed by atoms with Crippen molar-refractivity contribution in [2.45, 2.75) is 33.1 Å². The van der Waals surface area contributed by atoms with Crippen molar-refractivity contribution in [1.29, 1.82) is 0 Å². The first-order chi connectivity index (χ1) is 8.89. The van der Waals surface area contributed by atoms with Crippen LogP contribution in [-0.2, 0) is 0 Å². The van der Waals surface area contributed by atoms with Gasteiger partial charge in [-0.05, 0) is 65.5 Å². The molecule has 4 heteroatoms. The minimum absolute atomic E-state index is 0.0475. The summed E-state index contributed by atoms with van der Waals surface area (Å²) in [5.74, 6) is 0.0302. The predicted octanol–water partition coefficient (Wildman–Crippen LogP) is 3.65. The number of aromatic hydroxyl groups is 1. The van der Waals surface area contributed by atoms with Gasteiger partial charge in [-0.2, -0.15) is 0 Å². The van der Waals surface area contributed by atoms with Crippen molar-refractivity contribution < 1.29 is 9.90 Å². The van der Waals surface area contributed by atoms with Crippen molar-refractivity contribution in [3.63, 3.8) is 0 Å². The predicted molar refractivity (Wildman–Crippen MR) is 84.4 cm³/mol. The summed E-state index contributed by atoms with van der Waals surface area (Å²) in [6.45, 7) is 6.07. The zero-order valence-electron chi connectivity index (χ0n) is 11.4. The van der Waals surface area contributed by atoms with Crippen LogP contribution < -0.4 is 0 Å². The van der Waals surface area contributed by atoms with Gasteiger partial charge in [-0.15, -0.1) is 0 Å². The molecule has 1 aliphatic rings. The molecule has 1 N–H and O–H groups in total. The van der Waals surface area contributed by atoms with Crippen LogP contribution in [0.4, 0.5) is 0 Å². The number of hydrogen-bond acceptors (Lipinski definition) is 2. The Labute approximate surface area is 128 Å². The van der Waals surface area contributed by atoms with E-state index >= 15 is 0 Å². The summed E-state index contributed by atoms with van der Waals surface area (Å²) >= 11 is 2.16. The number of halogens is 1. The van der Waals surface area contributed by atoms with Crippen LogP contribution in [0.25, 0.3) is 0 Å². The molecule has 1 fully saturated rings. The molecule has 0 radical (unpaired) electrons. The number of likely N-dealkylation sites (tertiary alicyclic amines) is 1. The van der Waals surface area contributed by atoms with E-state index in [9.17, 15) is 9.90 Å². The highest BCUT2D eigenvalue weighted by Crippen LogP contribution is 2.31. The molecule has 0 unspecified atom stereocenters. The summed E-state index contributed by atoms with van der Waals surface area (Å²) in [6, 6.07) is 5.16. The molecule has 0 atom stereocenters. The highest BCUT2D eigenvalue weighted by molar-refractivity contribution is 14.1. The van der Waals surface area contributed by atoms with Crippen LogP contribution >= 0.6 is 22.6 Å². The number of nitrogens with zero attached hydrogens (tertiary/aromatic N) is 1. The maximum atomic E-state index is 12.5. The summed E-state index contributed by atoms with van der Waals surface area (Å²) in [4.78, 5) is 14.4. The molecule has 0 aromatic heterocycles. The Bertz CT molecular complexity index is 485. The molecule has 0 spiro atoms. The van der Waals surface area contributed by atoms with E-state index in [1.165, 1.54) is 0 Å². The number of phenols is 1. The van der Waals surface area contributed by atoms with Crippen LogP contribution in [0.5, 0.6) is 5.75 Å². The third kappa shape index (κ3) is 3.61.